The maximum Gasteiger partial charge on any atom is 0.284 e. The molecule has 0 aliphatic carbocycles. The maximum atomic E-state index is 11.9. The molecule has 6 nitrogen and oxygen atoms in total. The predicted octanol–water partition coefficient (Wildman–Crippen LogP) is 0.985. The van der Waals surface area contributed by atoms with Gasteiger partial charge in [-0.25, -0.2) is 4.68 Å². The number of aromatic nitrogens is 4. The Morgan fingerprint density at radius 1 is 1.58 bits per heavy atom. The van der Waals surface area contributed by atoms with Crippen molar-refractivity contribution in [2.75, 3.05) is 5.32 Å². The third-order valence-electron chi connectivity index (χ3n) is 2.45. The first kappa shape index (κ1) is 13.4. The summed E-state index contributed by atoms with van der Waals surface area (Å²) in [4.78, 5) is 11.9. The van der Waals surface area contributed by atoms with Gasteiger partial charge in [0.05, 0.1) is 24.1 Å². The van der Waals surface area contributed by atoms with E-state index in [1.807, 2.05) is 19.3 Å². The molecule has 0 amide bonds. The molecule has 0 spiro atoms. The zero-order valence-corrected chi connectivity index (χ0v) is 11.9. The number of halogens is 1. The fourth-order valence-corrected chi connectivity index (χ4v) is 1.98. The Morgan fingerprint density at radius 2 is 2.37 bits per heavy atom. The zero-order valence-electron chi connectivity index (χ0n) is 10.3. The molecular formula is C12H12BrN5O. The summed E-state index contributed by atoms with van der Waals surface area (Å²) in [6.07, 6.45) is 8.58. The average Bonchev–Trinajstić information content (AvgIpc) is 2.80. The summed E-state index contributed by atoms with van der Waals surface area (Å²) in [5.74, 6) is 2.38. The van der Waals surface area contributed by atoms with Gasteiger partial charge in [-0.2, -0.15) is 10.2 Å². The quantitative estimate of drug-likeness (QED) is 0.853. The van der Waals surface area contributed by atoms with E-state index < -0.39 is 0 Å². The molecule has 19 heavy (non-hydrogen) atoms. The molecule has 2 aromatic rings. The van der Waals surface area contributed by atoms with Crippen LogP contribution >= 0.6 is 15.9 Å². The first-order valence-corrected chi connectivity index (χ1v) is 6.32. The summed E-state index contributed by atoms with van der Waals surface area (Å²) in [7, 11) is 1.85. The van der Waals surface area contributed by atoms with E-state index in [0.29, 0.717) is 16.7 Å². The summed E-state index contributed by atoms with van der Waals surface area (Å²) >= 11 is 3.25. The average molecular weight is 322 g/mol. The summed E-state index contributed by atoms with van der Waals surface area (Å²) in [5, 5.41) is 11.3. The van der Waals surface area contributed by atoms with Gasteiger partial charge in [0.25, 0.3) is 5.56 Å². The van der Waals surface area contributed by atoms with E-state index in [1.165, 1.54) is 4.68 Å². The minimum Gasteiger partial charge on any atom is -0.377 e. The van der Waals surface area contributed by atoms with Crippen LogP contribution in [0.4, 0.5) is 5.69 Å². The Kier molecular flexibility index (Phi) is 4.02. The van der Waals surface area contributed by atoms with E-state index in [4.69, 9.17) is 6.42 Å². The molecule has 7 heteroatoms. The van der Waals surface area contributed by atoms with Gasteiger partial charge in [0.1, 0.15) is 11.0 Å². The molecule has 0 aliphatic rings. The van der Waals surface area contributed by atoms with E-state index in [2.05, 4.69) is 37.4 Å². The number of nitrogens with one attached hydrogen (secondary N) is 1. The number of hydrogen-bond donors (Lipinski definition) is 1. The molecule has 0 saturated heterocycles. The van der Waals surface area contributed by atoms with E-state index in [1.54, 1.807) is 10.9 Å². The highest BCUT2D eigenvalue weighted by Gasteiger charge is 2.08. The third-order valence-corrected chi connectivity index (χ3v) is 3.22. The summed E-state index contributed by atoms with van der Waals surface area (Å²) in [6.45, 7) is 0.664. The Bertz CT molecular complexity index is 682. The van der Waals surface area contributed by atoms with Gasteiger partial charge in [-0.3, -0.25) is 9.48 Å². The van der Waals surface area contributed by atoms with Gasteiger partial charge < -0.3 is 5.32 Å². The molecule has 2 rings (SSSR count). The molecular weight excluding hydrogens is 310 g/mol. The normalized spacial score (nSPS) is 10.2. The first-order chi connectivity index (χ1) is 9.11. The van der Waals surface area contributed by atoms with Crippen LogP contribution in [-0.2, 0) is 20.1 Å². The smallest absolute Gasteiger partial charge is 0.284 e. The summed E-state index contributed by atoms with van der Waals surface area (Å²) < 4.78 is 3.35. The van der Waals surface area contributed by atoms with Crippen molar-refractivity contribution in [1.29, 1.82) is 0 Å². The van der Waals surface area contributed by atoms with Crippen LogP contribution in [0.3, 0.4) is 0 Å². The van der Waals surface area contributed by atoms with Crippen molar-refractivity contribution >= 4 is 21.6 Å². The molecule has 0 bridgehead atoms. The highest BCUT2D eigenvalue weighted by atomic mass is 79.9. The lowest BCUT2D eigenvalue weighted by molar-refractivity contribution is 0.659. The fraction of sp³-hybridized carbons (Fsp3) is 0.250. The lowest BCUT2D eigenvalue weighted by atomic mass is 10.4. The molecule has 0 aliphatic heterocycles. The predicted molar refractivity (Wildman–Crippen MR) is 75.6 cm³/mol. The minimum absolute atomic E-state index is 0.151. The van der Waals surface area contributed by atoms with Crippen molar-refractivity contribution in [3.63, 3.8) is 0 Å². The van der Waals surface area contributed by atoms with E-state index in [-0.39, 0.29) is 12.1 Å². The molecule has 0 aromatic carbocycles. The van der Waals surface area contributed by atoms with Crippen LogP contribution in [0.5, 0.6) is 0 Å². The van der Waals surface area contributed by atoms with Gasteiger partial charge >= 0.3 is 0 Å². The monoisotopic (exact) mass is 321 g/mol. The second-order valence-corrected chi connectivity index (χ2v) is 4.67. The molecule has 0 fully saturated rings. The SMILES string of the molecule is C#CCn1ncc(NCc2ccn(C)n2)c(Br)c1=O. The second-order valence-electron chi connectivity index (χ2n) is 3.87. The molecule has 98 valence electrons. The highest BCUT2D eigenvalue weighted by Crippen LogP contribution is 2.16. The lowest BCUT2D eigenvalue weighted by Gasteiger charge is -2.08. The van der Waals surface area contributed by atoms with Crippen LogP contribution in [0.2, 0.25) is 0 Å². The third kappa shape index (κ3) is 3.03. The lowest BCUT2D eigenvalue weighted by Crippen LogP contribution is -2.24. The summed E-state index contributed by atoms with van der Waals surface area (Å²) in [6, 6.07) is 1.90. The van der Waals surface area contributed by atoms with Crippen molar-refractivity contribution in [2.24, 2.45) is 7.05 Å². The van der Waals surface area contributed by atoms with E-state index in [9.17, 15) is 4.79 Å². The van der Waals surface area contributed by atoms with Crippen LogP contribution in [0, 0.1) is 12.3 Å². The number of rotatable bonds is 4. The van der Waals surface area contributed by atoms with E-state index >= 15 is 0 Å². The van der Waals surface area contributed by atoms with Crippen LogP contribution < -0.4 is 10.9 Å². The van der Waals surface area contributed by atoms with Crippen LogP contribution in [0.25, 0.3) is 0 Å². The van der Waals surface area contributed by atoms with Crippen molar-refractivity contribution in [3.8, 4) is 12.3 Å². The van der Waals surface area contributed by atoms with Gasteiger partial charge in [-0.1, -0.05) is 5.92 Å². The maximum absolute atomic E-state index is 11.9. The van der Waals surface area contributed by atoms with Crippen molar-refractivity contribution in [3.05, 3.63) is 39.0 Å². The number of anilines is 1. The molecule has 0 saturated carbocycles. The Hall–Kier alpha value is -2.07. The zero-order chi connectivity index (χ0) is 13.8. The van der Waals surface area contributed by atoms with Gasteiger partial charge in [-0.05, 0) is 22.0 Å². The Balaban J connectivity index is 2.16. The standard InChI is InChI=1S/C12H12BrN5O/c1-3-5-18-12(19)11(13)10(8-15-18)14-7-9-4-6-17(2)16-9/h1,4,6,8,14H,5,7H2,2H3. The fourth-order valence-electron chi connectivity index (χ4n) is 1.53. The molecule has 2 heterocycles. The second kappa shape index (κ2) is 5.71. The number of hydrogen-bond acceptors (Lipinski definition) is 4. The van der Waals surface area contributed by atoms with Crippen molar-refractivity contribution < 1.29 is 0 Å². The molecule has 0 unspecified atom stereocenters. The van der Waals surface area contributed by atoms with Crippen LogP contribution in [0.1, 0.15) is 5.69 Å². The molecule has 0 atom stereocenters. The van der Waals surface area contributed by atoms with Crippen LogP contribution in [0.15, 0.2) is 27.7 Å². The summed E-state index contributed by atoms with van der Waals surface area (Å²) in [5.41, 5.74) is 1.23. The van der Waals surface area contributed by atoms with Gasteiger partial charge in [-0.15, -0.1) is 6.42 Å². The number of aryl methyl sites for hydroxylation is 1. The first-order valence-electron chi connectivity index (χ1n) is 5.53. The van der Waals surface area contributed by atoms with Gasteiger partial charge in [0.15, 0.2) is 0 Å². The number of terminal acetylenes is 1. The Labute approximate surface area is 118 Å². The number of nitrogens with zero attached hydrogens (tertiary/aromatic N) is 4. The molecule has 2 aromatic heterocycles. The van der Waals surface area contributed by atoms with Crippen molar-refractivity contribution in [2.45, 2.75) is 13.1 Å². The largest absolute Gasteiger partial charge is 0.377 e. The van der Waals surface area contributed by atoms with Gasteiger partial charge in [0, 0.05) is 13.2 Å². The van der Waals surface area contributed by atoms with Gasteiger partial charge in [0.2, 0.25) is 0 Å². The van der Waals surface area contributed by atoms with E-state index in [0.717, 1.165) is 5.69 Å². The Morgan fingerprint density at radius 3 is 3.00 bits per heavy atom. The topological polar surface area (TPSA) is 64.7 Å². The van der Waals surface area contributed by atoms with Crippen molar-refractivity contribution in [1.82, 2.24) is 19.6 Å². The molecule has 1 N–H and O–H groups in total. The van der Waals surface area contributed by atoms with Crippen LogP contribution in [-0.4, -0.2) is 19.6 Å². The molecule has 0 radical (unpaired) electrons. The highest BCUT2D eigenvalue weighted by molar-refractivity contribution is 9.10. The minimum atomic E-state index is -0.260.